The van der Waals surface area contributed by atoms with Crippen LogP contribution in [0.3, 0.4) is 0 Å². The Bertz CT molecular complexity index is 1420. The minimum atomic E-state index is -0.172. The Kier molecular flexibility index (Phi) is 6.79. The zero-order valence-electron chi connectivity index (χ0n) is 20.1. The van der Waals surface area contributed by atoms with Crippen molar-refractivity contribution in [3.8, 4) is 10.6 Å². The summed E-state index contributed by atoms with van der Waals surface area (Å²) in [7, 11) is 0. The molecular formula is C24H26N8O2S2. The van der Waals surface area contributed by atoms with Crippen molar-refractivity contribution in [2.24, 2.45) is 0 Å². The van der Waals surface area contributed by atoms with E-state index in [1.807, 2.05) is 23.7 Å². The quantitative estimate of drug-likeness (QED) is 0.331. The van der Waals surface area contributed by atoms with Gasteiger partial charge < -0.3 is 20.9 Å². The summed E-state index contributed by atoms with van der Waals surface area (Å²) in [5.74, 6) is 0.425. The van der Waals surface area contributed by atoms with E-state index in [0.29, 0.717) is 28.9 Å². The smallest absolute Gasteiger partial charge is 0.284 e. The lowest BCUT2D eigenvalue weighted by atomic mass is 10.2. The first-order valence-electron chi connectivity index (χ1n) is 11.6. The van der Waals surface area contributed by atoms with Crippen LogP contribution in [0.5, 0.6) is 0 Å². The van der Waals surface area contributed by atoms with Crippen LogP contribution in [0.15, 0.2) is 36.0 Å². The van der Waals surface area contributed by atoms with Crippen LogP contribution in [-0.4, -0.2) is 62.1 Å². The summed E-state index contributed by atoms with van der Waals surface area (Å²) in [4.78, 5) is 35.0. The molecule has 36 heavy (non-hydrogen) atoms. The first-order valence-corrected chi connectivity index (χ1v) is 13.3. The maximum Gasteiger partial charge on any atom is 0.284 e. The fraction of sp³-hybridized carbons (Fsp3) is 0.333. The summed E-state index contributed by atoms with van der Waals surface area (Å²) < 4.78 is 1.10. The number of hydrogen-bond donors (Lipinski definition) is 3. The Morgan fingerprint density at radius 1 is 1.17 bits per heavy atom. The summed E-state index contributed by atoms with van der Waals surface area (Å²) >= 11 is 2.84. The normalized spacial score (nSPS) is 15.4. The number of hydrogen-bond acceptors (Lipinski definition) is 10. The standard InChI is InChI=1S/C24H26N8O2S2/c1-13(2)27-19-9-21(29-15-4-5-18-20(8-15)35-12-26-18)25-10-17(19)22-30-31-23(36-22)24(34)32-7-6-16(11-32)28-14(3)33/h4-5,8-10,12-13,16H,6-7,11H2,1-3H3,(H,28,33)(H2,25,27,29). The van der Waals surface area contributed by atoms with E-state index in [2.05, 4.69) is 56.0 Å². The van der Waals surface area contributed by atoms with E-state index in [1.165, 1.54) is 18.3 Å². The topological polar surface area (TPSA) is 125 Å². The van der Waals surface area contributed by atoms with Crippen LogP contribution in [0.25, 0.3) is 20.8 Å². The van der Waals surface area contributed by atoms with Gasteiger partial charge in [0.05, 0.1) is 21.3 Å². The van der Waals surface area contributed by atoms with Crippen molar-refractivity contribution in [1.82, 2.24) is 30.4 Å². The highest BCUT2D eigenvalue weighted by Gasteiger charge is 2.29. The Morgan fingerprint density at radius 2 is 2.03 bits per heavy atom. The zero-order valence-corrected chi connectivity index (χ0v) is 21.7. The molecule has 1 saturated heterocycles. The number of likely N-dealkylation sites (tertiary alicyclic amines) is 1. The Hall–Kier alpha value is -3.64. The molecule has 1 fully saturated rings. The molecule has 2 amide bonds. The lowest BCUT2D eigenvalue weighted by molar-refractivity contribution is -0.119. The largest absolute Gasteiger partial charge is 0.382 e. The molecule has 186 valence electrons. The molecule has 0 spiro atoms. The number of amides is 2. The number of benzene rings is 1. The van der Waals surface area contributed by atoms with Gasteiger partial charge in [-0.15, -0.1) is 21.5 Å². The predicted octanol–water partition coefficient (Wildman–Crippen LogP) is 4.12. The molecule has 5 rings (SSSR count). The third-order valence-electron chi connectivity index (χ3n) is 5.67. The predicted molar refractivity (Wildman–Crippen MR) is 143 cm³/mol. The maximum absolute atomic E-state index is 13.0. The molecule has 12 heteroatoms. The highest BCUT2D eigenvalue weighted by Crippen LogP contribution is 2.33. The van der Waals surface area contributed by atoms with Gasteiger partial charge in [0.15, 0.2) is 5.01 Å². The van der Waals surface area contributed by atoms with E-state index >= 15 is 0 Å². The van der Waals surface area contributed by atoms with Crippen molar-refractivity contribution in [2.75, 3.05) is 23.7 Å². The fourth-order valence-electron chi connectivity index (χ4n) is 4.11. The molecule has 4 heterocycles. The summed E-state index contributed by atoms with van der Waals surface area (Å²) in [5.41, 5.74) is 5.36. The van der Waals surface area contributed by atoms with Crippen LogP contribution in [0.4, 0.5) is 17.2 Å². The van der Waals surface area contributed by atoms with Crippen molar-refractivity contribution >= 4 is 61.9 Å². The number of pyridine rings is 1. The summed E-state index contributed by atoms with van der Waals surface area (Å²) in [6.45, 7) is 6.65. The molecule has 0 aliphatic carbocycles. The van der Waals surface area contributed by atoms with Crippen molar-refractivity contribution < 1.29 is 9.59 Å². The second kappa shape index (κ2) is 10.2. The molecule has 1 aliphatic rings. The van der Waals surface area contributed by atoms with E-state index < -0.39 is 0 Å². The van der Waals surface area contributed by atoms with Gasteiger partial charge in [0.25, 0.3) is 5.91 Å². The molecule has 1 atom stereocenters. The molecule has 4 aromatic rings. The van der Waals surface area contributed by atoms with E-state index in [0.717, 1.165) is 33.6 Å². The number of nitrogens with zero attached hydrogens (tertiary/aromatic N) is 5. The number of aromatic nitrogens is 4. The van der Waals surface area contributed by atoms with Crippen LogP contribution in [0.1, 0.15) is 37.0 Å². The second-order valence-corrected chi connectivity index (χ2v) is 10.8. The molecule has 1 aliphatic heterocycles. The van der Waals surface area contributed by atoms with Gasteiger partial charge in [-0.2, -0.15) is 0 Å². The lowest BCUT2D eigenvalue weighted by Crippen LogP contribution is -2.37. The molecule has 10 nitrogen and oxygen atoms in total. The molecule has 1 aromatic carbocycles. The van der Waals surface area contributed by atoms with Crippen molar-refractivity contribution in [3.05, 3.63) is 41.0 Å². The third kappa shape index (κ3) is 5.29. The molecule has 3 aromatic heterocycles. The summed E-state index contributed by atoms with van der Waals surface area (Å²) in [6, 6.07) is 8.10. The minimum Gasteiger partial charge on any atom is -0.382 e. The number of nitrogens with one attached hydrogen (secondary N) is 3. The van der Waals surface area contributed by atoms with Crippen molar-refractivity contribution in [1.29, 1.82) is 0 Å². The number of anilines is 3. The number of rotatable bonds is 7. The molecule has 0 radical (unpaired) electrons. The fourth-order valence-corrected chi connectivity index (χ4v) is 5.66. The van der Waals surface area contributed by atoms with Crippen LogP contribution in [0.2, 0.25) is 0 Å². The van der Waals surface area contributed by atoms with Gasteiger partial charge in [-0.3, -0.25) is 9.59 Å². The van der Waals surface area contributed by atoms with E-state index in [4.69, 9.17) is 0 Å². The first-order chi connectivity index (χ1) is 17.4. The van der Waals surface area contributed by atoms with Crippen LogP contribution in [0, 0.1) is 0 Å². The SMILES string of the molecule is CC(=O)NC1CCN(C(=O)c2nnc(-c3cnc(Nc4ccc5ncsc5c4)cc3NC(C)C)s2)C1. The maximum atomic E-state index is 13.0. The average molecular weight is 523 g/mol. The molecule has 0 bridgehead atoms. The number of fused-ring (bicyclic) bond motifs is 1. The molecule has 0 saturated carbocycles. The zero-order chi connectivity index (χ0) is 25.2. The minimum absolute atomic E-state index is 0.0262. The van der Waals surface area contributed by atoms with Crippen LogP contribution < -0.4 is 16.0 Å². The monoisotopic (exact) mass is 522 g/mol. The van der Waals surface area contributed by atoms with Gasteiger partial charge >= 0.3 is 0 Å². The first kappa shape index (κ1) is 24.1. The number of thiazole rings is 1. The van der Waals surface area contributed by atoms with E-state index in [1.54, 1.807) is 22.4 Å². The highest BCUT2D eigenvalue weighted by molar-refractivity contribution is 7.17. The Balaban J connectivity index is 1.36. The van der Waals surface area contributed by atoms with Gasteiger partial charge in [0.1, 0.15) is 5.82 Å². The lowest BCUT2D eigenvalue weighted by Gasteiger charge is -2.15. The van der Waals surface area contributed by atoms with E-state index in [9.17, 15) is 9.59 Å². The van der Waals surface area contributed by atoms with Gasteiger partial charge in [-0.1, -0.05) is 11.3 Å². The van der Waals surface area contributed by atoms with Crippen LogP contribution in [-0.2, 0) is 4.79 Å². The van der Waals surface area contributed by atoms with Gasteiger partial charge in [0, 0.05) is 55.7 Å². The van der Waals surface area contributed by atoms with Gasteiger partial charge in [-0.05, 0) is 38.5 Å². The average Bonchev–Trinajstić information content (AvgIpc) is 3.59. The summed E-state index contributed by atoms with van der Waals surface area (Å²) in [6.07, 6.45) is 2.48. The highest BCUT2D eigenvalue weighted by atomic mass is 32.1. The number of carbonyl (C=O) groups is 2. The third-order valence-corrected chi connectivity index (χ3v) is 7.41. The van der Waals surface area contributed by atoms with Crippen molar-refractivity contribution in [2.45, 2.75) is 39.3 Å². The Labute approximate surface area is 216 Å². The van der Waals surface area contributed by atoms with Gasteiger partial charge in [-0.25, -0.2) is 9.97 Å². The van der Waals surface area contributed by atoms with Crippen molar-refractivity contribution in [3.63, 3.8) is 0 Å². The molecule has 3 N–H and O–H groups in total. The second-order valence-electron chi connectivity index (χ2n) is 8.92. The molecule has 1 unspecified atom stereocenters. The van der Waals surface area contributed by atoms with Crippen LogP contribution >= 0.6 is 22.7 Å². The van der Waals surface area contributed by atoms with E-state index in [-0.39, 0.29) is 23.9 Å². The number of carbonyl (C=O) groups excluding carboxylic acids is 2. The summed E-state index contributed by atoms with van der Waals surface area (Å²) in [5, 5.41) is 19.1. The molecular weight excluding hydrogens is 496 g/mol. The Morgan fingerprint density at radius 3 is 2.83 bits per heavy atom. The van der Waals surface area contributed by atoms with Gasteiger partial charge in [0.2, 0.25) is 10.9 Å².